The molecular formula is C26H25FN4O. The summed E-state index contributed by atoms with van der Waals surface area (Å²) in [5, 5.41) is 0. The maximum atomic E-state index is 13.4. The van der Waals surface area contributed by atoms with Crippen molar-refractivity contribution in [1.29, 1.82) is 0 Å². The molecule has 5 rings (SSSR count). The van der Waals surface area contributed by atoms with Gasteiger partial charge in [0, 0.05) is 24.6 Å². The fraction of sp³-hybridized carbons (Fsp3) is 0.269. The Hall–Kier alpha value is -3.54. The third kappa shape index (κ3) is 3.88. The van der Waals surface area contributed by atoms with Crippen LogP contribution in [-0.2, 0) is 6.42 Å². The molecular weight excluding hydrogens is 403 g/mol. The first-order valence-electron chi connectivity index (χ1n) is 10.9. The van der Waals surface area contributed by atoms with E-state index < -0.39 is 0 Å². The minimum atomic E-state index is -0.234. The van der Waals surface area contributed by atoms with E-state index in [1.165, 1.54) is 12.1 Å². The molecule has 0 aliphatic carbocycles. The number of rotatable bonds is 4. The van der Waals surface area contributed by atoms with Crippen molar-refractivity contribution in [3.63, 3.8) is 0 Å². The molecule has 162 valence electrons. The summed E-state index contributed by atoms with van der Waals surface area (Å²) in [5.41, 5.74) is 6.29. The minimum absolute atomic E-state index is 0.0565. The summed E-state index contributed by atoms with van der Waals surface area (Å²) in [5.74, 6) is -0.290. The number of carbonyl (C=O) groups excluding carboxylic acids is 1. The summed E-state index contributed by atoms with van der Waals surface area (Å²) >= 11 is 0. The van der Waals surface area contributed by atoms with Crippen molar-refractivity contribution in [3.8, 4) is 0 Å². The number of amides is 1. The predicted molar refractivity (Wildman–Crippen MR) is 121 cm³/mol. The molecule has 0 spiro atoms. The van der Waals surface area contributed by atoms with E-state index in [9.17, 15) is 9.18 Å². The van der Waals surface area contributed by atoms with Crippen LogP contribution in [-0.4, -0.2) is 31.7 Å². The van der Waals surface area contributed by atoms with Gasteiger partial charge in [0.15, 0.2) is 0 Å². The Labute approximate surface area is 186 Å². The number of hydrogen-bond donors (Lipinski definition) is 0. The first kappa shape index (κ1) is 20.4. The van der Waals surface area contributed by atoms with Crippen LogP contribution in [0.4, 0.5) is 4.39 Å². The number of aromatic nitrogens is 3. The number of halogens is 1. The number of carbonyl (C=O) groups is 1. The highest BCUT2D eigenvalue weighted by atomic mass is 19.1. The molecule has 1 unspecified atom stereocenters. The molecule has 4 aromatic rings. The summed E-state index contributed by atoms with van der Waals surface area (Å²) in [6, 6.07) is 14.6. The van der Waals surface area contributed by atoms with E-state index in [1.54, 1.807) is 0 Å². The zero-order chi connectivity index (χ0) is 22.2. The van der Waals surface area contributed by atoms with Crippen molar-refractivity contribution in [2.24, 2.45) is 0 Å². The average molecular weight is 429 g/mol. The molecule has 1 atom stereocenters. The van der Waals surface area contributed by atoms with Crippen LogP contribution in [0, 0.1) is 19.7 Å². The number of pyridine rings is 2. The third-order valence-corrected chi connectivity index (χ3v) is 6.11. The normalized spacial score (nSPS) is 16.1. The maximum Gasteiger partial charge on any atom is 0.274 e. The Morgan fingerprint density at radius 2 is 1.91 bits per heavy atom. The van der Waals surface area contributed by atoms with Gasteiger partial charge in [0.25, 0.3) is 5.91 Å². The number of likely N-dealkylation sites (tertiary alicyclic amines) is 1. The largest absolute Gasteiger partial charge is 0.329 e. The summed E-state index contributed by atoms with van der Waals surface area (Å²) in [4.78, 5) is 24.7. The van der Waals surface area contributed by atoms with Crippen LogP contribution in [0.2, 0.25) is 0 Å². The standard InChI is InChI=1S/C26H25FN4O/c1-17-5-3-11-30-16-23(29-25(17)30)26(32)31-12-4-6-24(31)22-15-20(13-18(2)28-22)14-19-7-9-21(27)10-8-19/h3,5,7-11,13,15-16,24H,4,6,12,14H2,1-2H3. The maximum absolute atomic E-state index is 13.4. The van der Waals surface area contributed by atoms with Crippen molar-refractivity contribution in [1.82, 2.24) is 19.3 Å². The second-order valence-electron chi connectivity index (χ2n) is 8.55. The molecule has 1 aliphatic rings. The molecule has 4 heterocycles. The fourth-order valence-corrected chi connectivity index (χ4v) is 4.60. The van der Waals surface area contributed by atoms with Crippen LogP contribution in [0.15, 0.2) is 60.9 Å². The Kier molecular flexibility index (Phi) is 5.21. The quantitative estimate of drug-likeness (QED) is 0.457. The second-order valence-corrected chi connectivity index (χ2v) is 8.55. The Morgan fingerprint density at radius 1 is 1.09 bits per heavy atom. The van der Waals surface area contributed by atoms with Crippen LogP contribution >= 0.6 is 0 Å². The fourth-order valence-electron chi connectivity index (χ4n) is 4.60. The van der Waals surface area contributed by atoms with Crippen molar-refractivity contribution in [3.05, 3.63) is 101 Å². The Balaban J connectivity index is 1.43. The molecule has 1 aliphatic heterocycles. The van der Waals surface area contributed by atoms with E-state index in [0.717, 1.165) is 46.6 Å². The van der Waals surface area contributed by atoms with Crippen molar-refractivity contribution >= 4 is 11.6 Å². The molecule has 5 nitrogen and oxygen atoms in total. The van der Waals surface area contributed by atoms with Gasteiger partial charge < -0.3 is 9.30 Å². The summed E-state index contributed by atoms with van der Waals surface area (Å²) in [6.07, 6.45) is 6.24. The number of nitrogens with zero attached hydrogens (tertiary/aromatic N) is 4. The van der Waals surface area contributed by atoms with Crippen LogP contribution in [0.5, 0.6) is 0 Å². The minimum Gasteiger partial charge on any atom is -0.329 e. The molecule has 1 aromatic carbocycles. The van der Waals surface area contributed by atoms with Gasteiger partial charge in [0.1, 0.15) is 17.2 Å². The lowest BCUT2D eigenvalue weighted by Gasteiger charge is -2.24. The van der Waals surface area contributed by atoms with Crippen LogP contribution in [0.25, 0.3) is 5.65 Å². The average Bonchev–Trinajstić information content (AvgIpc) is 3.43. The van der Waals surface area contributed by atoms with Crippen molar-refractivity contribution in [2.45, 2.75) is 39.2 Å². The molecule has 1 saturated heterocycles. The highest BCUT2D eigenvalue weighted by Gasteiger charge is 2.33. The monoisotopic (exact) mass is 428 g/mol. The molecule has 0 N–H and O–H groups in total. The Morgan fingerprint density at radius 3 is 2.69 bits per heavy atom. The van der Waals surface area contributed by atoms with Crippen LogP contribution in [0.1, 0.15) is 57.5 Å². The van der Waals surface area contributed by atoms with E-state index in [2.05, 4.69) is 17.1 Å². The van der Waals surface area contributed by atoms with Gasteiger partial charge in [-0.05, 0) is 80.1 Å². The lowest BCUT2D eigenvalue weighted by atomic mass is 10.0. The van der Waals surface area contributed by atoms with Gasteiger partial charge in [-0.1, -0.05) is 18.2 Å². The molecule has 1 amide bonds. The number of fused-ring (bicyclic) bond motifs is 1. The SMILES string of the molecule is Cc1cc(Cc2ccc(F)cc2)cc(C2CCCN2C(=O)c2cn3cccc(C)c3n2)n1. The van der Waals surface area contributed by atoms with Gasteiger partial charge in [-0.2, -0.15) is 0 Å². The van der Waals surface area contributed by atoms with E-state index >= 15 is 0 Å². The third-order valence-electron chi connectivity index (χ3n) is 6.11. The number of benzene rings is 1. The highest BCUT2D eigenvalue weighted by Crippen LogP contribution is 2.33. The molecule has 1 fully saturated rings. The van der Waals surface area contributed by atoms with Gasteiger partial charge in [-0.25, -0.2) is 9.37 Å². The number of imidazole rings is 1. The molecule has 32 heavy (non-hydrogen) atoms. The van der Waals surface area contributed by atoms with Crippen LogP contribution < -0.4 is 0 Å². The lowest BCUT2D eigenvalue weighted by Crippen LogP contribution is -2.31. The van der Waals surface area contributed by atoms with Crippen molar-refractivity contribution < 1.29 is 9.18 Å². The zero-order valence-electron chi connectivity index (χ0n) is 18.3. The van der Waals surface area contributed by atoms with Gasteiger partial charge in [-0.3, -0.25) is 9.78 Å². The second kappa shape index (κ2) is 8.19. The summed E-state index contributed by atoms with van der Waals surface area (Å²) in [6.45, 7) is 4.66. The summed E-state index contributed by atoms with van der Waals surface area (Å²) in [7, 11) is 0. The smallest absolute Gasteiger partial charge is 0.274 e. The van der Waals surface area contributed by atoms with E-state index in [4.69, 9.17) is 4.98 Å². The first-order chi connectivity index (χ1) is 15.5. The summed E-state index contributed by atoms with van der Waals surface area (Å²) < 4.78 is 15.2. The van der Waals surface area contributed by atoms with Crippen LogP contribution in [0.3, 0.4) is 0 Å². The van der Waals surface area contributed by atoms with Gasteiger partial charge in [0.05, 0.1) is 11.7 Å². The molecule has 0 saturated carbocycles. The van der Waals surface area contributed by atoms with E-state index in [0.29, 0.717) is 18.7 Å². The zero-order valence-corrected chi connectivity index (χ0v) is 18.3. The van der Waals surface area contributed by atoms with Gasteiger partial charge >= 0.3 is 0 Å². The van der Waals surface area contributed by atoms with Crippen molar-refractivity contribution in [2.75, 3.05) is 6.54 Å². The molecule has 6 heteroatoms. The highest BCUT2D eigenvalue weighted by molar-refractivity contribution is 5.93. The topological polar surface area (TPSA) is 50.5 Å². The first-order valence-corrected chi connectivity index (χ1v) is 10.9. The Bertz CT molecular complexity index is 1300. The molecule has 0 bridgehead atoms. The number of aryl methyl sites for hydroxylation is 2. The number of hydrogen-bond acceptors (Lipinski definition) is 3. The van der Waals surface area contributed by atoms with Gasteiger partial charge in [-0.15, -0.1) is 0 Å². The molecule has 0 radical (unpaired) electrons. The van der Waals surface area contributed by atoms with E-state index in [-0.39, 0.29) is 17.8 Å². The molecule has 3 aromatic heterocycles. The van der Waals surface area contributed by atoms with E-state index in [1.807, 2.05) is 59.8 Å². The predicted octanol–water partition coefficient (Wildman–Crippen LogP) is 5.05. The van der Waals surface area contributed by atoms with Gasteiger partial charge in [0.2, 0.25) is 0 Å². The lowest BCUT2D eigenvalue weighted by molar-refractivity contribution is 0.0727.